The Kier molecular flexibility index (Phi) is 6.18. The molecular formula is C19H20N4O3S2. The van der Waals surface area contributed by atoms with Gasteiger partial charge >= 0.3 is 0 Å². The van der Waals surface area contributed by atoms with Gasteiger partial charge in [-0.2, -0.15) is 0 Å². The smallest absolute Gasteiger partial charge is 0.240 e. The molecule has 2 aromatic carbocycles. The van der Waals surface area contributed by atoms with Crippen LogP contribution in [0.5, 0.6) is 0 Å². The van der Waals surface area contributed by atoms with Crippen molar-refractivity contribution < 1.29 is 13.2 Å². The monoisotopic (exact) mass is 416 g/mol. The minimum atomic E-state index is -3.67. The van der Waals surface area contributed by atoms with E-state index in [1.165, 1.54) is 11.3 Å². The Bertz CT molecular complexity index is 1080. The summed E-state index contributed by atoms with van der Waals surface area (Å²) in [5.74, 6) is -0.334. The quantitative estimate of drug-likeness (QED) is 0.616. The molecule has 0 saturated heterocycles. The van der Waals surface area contributed by atoms with E-state index in [2.05, 4.69) is 20.2 Å². The molecule has 0 unspecified atom stereocenters. The highest BCUT2D eigenvalue weighted by molar-refractivity contribution is 7.89. The molecule has 3 rings (SSSR count). The Morgan fingerprint density at radius 1 is 1.07 bits per heavy atom. The van der Waals surface area contributed by atoms with Gasteiger partial charge < -0.3 is 5.32 Å². The zero-order chi connectivity index (χ0) is 20.1. The molecule has 146 valence electrons. The van der Waals surface area contributed by atoms with E-state index >= 15 is 0 Å². The Balaban J connectivity index is 1.55. The van der Waals surface area contributed by atoms with Crippen LogP contribution in [-0.4, -0.2) is 31.1 Å². The van der Waals surface area contributed by atoms with Crippen molar-refractivity contribution in [3.63, 3.8) is 0 Å². The van der Waals surface area contributed by atoms with Gasteiger partial charge in [-0.1, -0.05) is 53.8 Å². The first kappa shape index (κ1) is 20.1. The Morgan fingerprint density at radius 2 is 1.82 bits per heavy atom. The maximum absolute atomic E-state index is 12.4. The summed E-state index contributed by atoms with van der Waals surface area (Å²) in [7, 11) is -3.67. The van der Waals surface area contributed by atoms with Crippen LogP contribution >= 0.6 is 11.3 Å². The number of hydrogen-bond donors (Lipinski definition) is 2. The summed E-state index contributed by atoms with van der Waals surface area (Å²) < 4.78 is 27.4. The fourth-order valence-electron chi connectivity index (χ4n) is 2.53. The summed E-state index contributed by atoms with van der Waals surface area (Å²) in [6, 6.07) is 14.8. The average Bonchev–Trinajstić information content (AvgIpc) is 3.12. The van der Waals surface area contributed by atoms with Crippen LogP contribution in [0.25, 0.3) is 10.6 Å². The van der Waals surface area contributed by atoms with Crippen LogP contribution in [0.4, 0.5) is 5.13 Å². The van der Waals surface area contributed by atoms with Crippen molar-refractivity contribution in [1.82, 2.24) is 14.9 Å². The fourth-order valence-corrected chi connectivity index (χ4v) is 4.65. The summed E-state index contributed by atoms with van der Waals surface area (Å²) >= 11 is 1.26. The van der Waals surface area contributed by atoms with Crippen LogP contribution < -0.4 is 10.0 Å². The number of amides is 1. The minimum Gasteiger partial charge on any atom is -0.300 e. The highest BCUT2D eigenvalue weighted by Crippen LogP contribution is 2.25. The van der Waals surface area contributed by atoms with Crippen LogP contribution in [0.15, 0.2) is 53.4 Å². The number of anilines is 1. The number of hydrogen-bond acceptors (Lipinski definition) is 6. The standard InChI is InChI=1S/C19H20N4O3S2/c1-13-8-9-14(2)16(12-13)28(25,26)20-11-10-17(24)21-19-23-22-18(27-19)15-6-4-3-5-7-15/h3-9,12,20H,10-11H2,1-2H3,(H,21,23,24). The molecule has 0 fully saturated rings. The second-order valence-electron chi connectivity index (χ2n) is 6.24. The lowest BCUT2D eigenvalue weighted by atomic mass is 10.2. The summed E-state index contributed by atoms with van der Waals surface area (Å²) in [5.41, 5.74) is 2.43. The SMILES string of the molecule is Cc1ccc(C)c(S(=O)(=O)NCCC(=O)Nc2nnc(-c3ccccc3)s2)c1. The molecule has 0 aliphatic heterocycles. The molecule has 2 N–H and O–H groups in total. The van der Waals surface area contributed by atoms with E-state index in [0.29, 0.717) is 15.7 Å². The van der Waals surface area contributed by atoms with Gasteiger partial charge in [0.2, 0.25) is 21.1 Å². The number of sulfonamides is 1. The molecule has 9 heteroatoms. The van der Waals surface area contributed by atoms with Crippen molar-refractivity contribution in [1.29, 1.82) is 0 Å². The lowest BCUT2D eigenvalue weighted by Gasteiger charge is -2.10. The van der Waals surface area contributed by atoms with E-state index in [1.807, 2.05) is 43.3 Å². The largest absolute Gasteiger partial charge is 0.300 e. The first-order chi connectivity index (χ1) is 13.3. The number of nitrogens with zero attached hydrogens (tertiary/aromatic N) is 2. The molecule has 1 aromatic heterocycles. The summed E-state index contributed by atoms with van der Waals surface area (Å²) in [5, 5.41) is 11.7. The van der Waals surface area contributed by atoms with Gasteiger partial charge in [-0.25, -0.2) is 13.1 Å². The average molecular weight is 417 g/mol. The normalized spacial score (nSPS) is 11.4. The van der Waals surface area contributed by atoms with Crippen LogP contribution in [0, 0.1) is 13.8 Å². The van der Waals surface area contributed by atoms with E-state index in [9.17, 15) is 13.2 Å². The van der Waals surface area contributed by atoms with Gasteiger partial charge in [0.15, 0.2) is 0 Å². The van der Waals surface area contributed by atoms with Gasteiger partial charge in [0.1, 0.15) is 5.01 Å². The van der Waals surface area contributed by atoms with Crippen molar-refractivity contribution in [3.05, 3.63) is 59.7 Å². The number of aromatic nitrogens is 2. The molecule has 1 amide bonds. The Morgan fingerprint density at radius 3 is 2.57 bits per heavy atom. The zero-order valence-electron chi connectivity index (χ0n) is 15.5. The molecule has 0 bridgehead atoms. The number of carbonyl (C=O) groups excluding carboxylic acids is 1. The molecular weight excluding hydrogens is 396 g/mol. The number of nitrogens with one attached hydrogen (secondary N) is 2. The number of aryl methyl sites for hydroxylation is 2. The molecule has 0 aliphatic rings. The molecule has 0 aliphatic carbocycles. The number of carbonyl (C=O) groups is 1. The van der Waals surface area contributed by atoms with Crippen molar-refractivity contribution in [2.24, 2.45) is 0 Å². The molecule has 0 radical (unpaired) electrons. The van der Waals surface area contributed by atoms with Gasteiger partial charge in [-0.05, 0) is 31.0 Å². The van der Waals surface area contributed by atoms with E-state index in [-0.39, 0.29) is 23.8 Å². The topological polar surface area (TPSA) is 101 Å². The maximum Gasteiger partial charge on any atom is 0.240 e. The summed E-state index contributed by atoms with van der Waals surface area (Å²) in [4.78, 5) is 12.3. The molecule has 1 heterocycles. The van der Waals surface area contributed by atoms with Crippen molar-refractivity contribution >= 4 is 32.4 Å². The molecule has 0 saturated carbocycles. The van der Waals surface area contributed by atoms with Crippen LogP contribution in [0.3, 0.4) is 0 Å². The first-order valence-corrected chi connectivity index (χ1v) is 10.9. The maximum atomic E-state index is 12.4. The van der Waals surface area contributed by atoms with Crippen LogP contribution in [0.1, 0.15) is 17.5 Å². The summed E-state index contributed by atoms with van der Waals surface area (Å²) in [6.45, 7) is 3.56. The highest BCUT2D eigenvalue weighted by atomic mass is 32.2. The third kappa shape index (κ3) is 5.00. The van der Waals surface area contributed by atoms with Crippen molar-refractivity contribution in [3.8, 4) is 10.6 Å². The fraction of sp³-hybridized carbons (Fsp3) is 0.211. The Hall–Kier alpha value is -2.62. The minimum absolute atomic E-state index is 0.00804. The van der Waals surface area contributed by atoms with Gasteiger partial charge in [0.25, 0.3) is 0 Å². The van der Waals surface area contributed by atoms with Gasteiger partial charge in [0.05, 0.1) is 4.90 Å². The predicted molar refractivity (Wildman–Crippen MR) is 110 cm³/mol. The molecule has 3 aromatic rings. The van der Waals surface area contributed by atoms with Crippen LogP contribution in [0.2, 0.25) is 0 Å². The van der Waals surface area contributed by atoms with Gasteiger partial charge in [-0.3, -0.25) is 4.79 Å². The van der Waals surface area contributed by atoms with Gasteiger partial charge in [0, 0.05) is 18.5 Å². The predicted octanol–water partition coefficient (Wildman–Crippen LogP) is 3.13. The third-order valence-electron chi connectivity index (χ3n) is 3.97. The van der Waals surface area contributed by atoms with E-state index in [0.717, 1.165) is 11.1 Å². The highest BCUT2D eigenvalue weighted by Gasteiger charge is 2.17. The molecule has 0 atom stereocenters. The first-order valence-electron chi connectivity index (χ1n) is 8.61. The lowest BCUT2D eigenvalue weighted by molar-refractivity contribution is -0.116. The second kappa shape index (κ2) is 8.59. The third-order valence-corrected chi connectivity index (χ3v) is 6.46. The summed E-state index contributed by atoms with van der Waals surface area (Å²) in [6.07, 6.45) is -0.00958. The lowest BCUT2D eigenvalue weighted by Crippen LogP contribution is -2.28. The van der Waals surface area contributed by atoms with E-state index in [1.54, 1.807) is 19.1 Å². The zero-order valence-corrected chi connectivity index (χ0v) is 17.1. The Labute approximate surface area is 167 Å². The molecule has 7 nitrogen and oxygen atoms in total. The van der Waals surface area contributed by atoms with Gasteiger partial charge in [-0.15, -0.1) is 10.2 Å². The van der Waals surface area contributed by atoms with Crippen molar-refractivity contribution in [2.75, 3.05) is 11.9 Å². The van der Waals surface area contributed by atoms with E-state index < -0.39 is 10.0 Å². The molecule has 0 spiro atoms. The second-order valence-corrected chi connectivity index (χ2v) is 8.96. The number of benzene rings is 2. The molecule has 28 heavy (non-hydrogen) atoms. The van der Waals surface area contributed by atoms with Crippen LogP contribution in [-0.2, 0) is 14.8 Å². The van der Waals surface area contributed by atoms with Crippen molar-refractivity contribution in [2.45, 2.75) is 25.2 Å². The number of rotatable bonds is 7. The van der Waals surface area contributed by atoms with E-state index in [4.69, 9.17) is 0 Å².